The van der Waals surface area contributed by atoms with Gasteiger partial charge in [0.05, 0.1) is 6.61 Å². The summed E-state index contributed by atoms with van der Waals surface area (Å²) in [7, 11) is 0. The van der Waals surface area contributed by atoms with E-state index in [2.05, 4.69) is 17.0 Å². The van der Waals surface area contributed by atoms with Crippen molar-refractivity contribution in [3.05, 3.63) is 35.9 Å². The van der Waals surface area contributed by atoms with E-state index in [9.17, 15) is 0 Å². The lowest BCUT2D eigenvalue weighted by atomic mass is 10.2. The average molecular weight is 254 g/mol. The molecule has 1 saturated heterocycles. The number of nitrogens with zero attached hydrogens (tertiary/aromatic N) is 1. The Morgan fingerprint density at radius 2 is 2.12 bits per heavy atom. The van der Waals surface area contributed by atoms with E-state index >= 15 is 0 Å². The lowest BCUT2D eigenvalue weighted by Crippen LogP contribution is -2.23. The van der Waals surface area contributed by atoms with Crippen LogP contribution in [0.1, 0.15) is 18.4 Å². The molecule has 1 aliphatic heterocycles. The van der Waals surface area contributed by atoms with Crippen LogP contribution in [0.5, 0.6) is 0 Å². The first kappa shape index (κ1) is 12.9. The fourth-order valence-corrected chi connectivity index (χ4v) is 2.44. The molecule has 1 aromatic rings. The van der Waals surface area contributed by atoms with Crippen molar-refractivity contribution in [2.24, 2.45) is 0 Å². The Morgan fingerprint density at radius 3 is 2.82 bits per heavy atom. The molecule has 0 aromatic heterocycles. The normalized spacial score (nSPS) is 20.9. The lowest BCUT2D eigenvalue weighted by molar-refractivity contribution is 0.111. The van der Waals surface area contributed by atoms with Crippen molar-refractivity contribution in [2.75, 3.05) is 26.2 Å². The molecule has 0 bridgehead atoms. The number of halogens is 1. The van der Waals surface area contributed by atoms with Gasteiger partial charge in [-0.1, -0.05) is 30.3 Å². The highest BCUT2D eigenvalue weighted by molar-refractivity contribution is 6.20. The third-order valence-electron chi connectivity index (χ3n) is 3.09. The van der Waals surface area contributed by atoms with Gasteiger partial charge in [-0.2, -0.15) is 0 Å². The maximum absolute atomic E-state index is 6.05. The molecule has 0 amide bonds. The van der Waals surface area contributed by atoms with Gasteiger partial charge in [0.25, 0.3) is 0 Å². The SMILES string of the molecule is ClC1CCN(CCCOCc2ccccc2)C1. The molecule has 2 rings (SSSR count). The number of ether oxygens (including phenoxy) is 1. The number of hydrogen-bond donors (Lipinski definition) is 0. The zero-order valence-electron chi connectivity index (χ0n) is 10.1. The lowest BCUT2D eigenvalue weighted by Gasteiger charge is -2.14. The second-order valence-electron chi connectivity index (χ2n) is 4.58. The summed E-state index contributed by atoms with van der Waals surface area (Å²) >= 11 is 6.05. The Morgan fingerprint density at radius 1 is 1.29 bits per heavy atom. The Kier molecular flexibility index (Phi) is 5.30. The van der Waals surface area contributed by atoms with Crippen molar-refractivity contribution in [3.63, 3.8) is 0 Å². The van der Waals surface area contributed by atoms with Gasteiger partial charge >= 0.3 is 0 Å². The standard InChI is InChI=1S/C14H20ClNO/c15-14-7-9-16(11-14)8-4-10-17-12-13-5-2-1-3-6-13/h1-3,5-6,14H,4,7-12H2. The molecule has 3 heteroatoms. The van der Waals surface area contributed by atoms with E-state index in [1.165, 1.54) is 5.56 Å². The Hall–Kier alpha value is -0.570. The molecular formula is C14H20ClNO. The summed E-state index contributed by atoms with van der Waals surface area (Å²) in [5.41, 5.74) is 1.24. The highest BCUT2D eigenvalue weighted by Gasteiger charge is 2.19. The molecule has 0 aliphatic carbocycles. The maximum atomic E-state index is 6.05. The second kappa shape index (κ2) is 7.00. The predicted octanol–water partition coefficient (Wildman–Crippen LogP) is 2.91. The van der Waals surface area contributed by atoms with Crippen molar-refractivity contribution in [3.8, 4) is 0 Å². The number of rotatable bonds is 6. The zero-order chi connectivity index (χ0) is 11.9. The van der Waals surface area contributed by atoms with Crippen LogP contribution in [0.2, 0.25) is 0 Å². The van der Waals surface area contributed by atoms with E-state index in [0.29, 0.717) is 5.38 Å². The Labute approximate surface area is 109 Å². The Bertz CT molecular complexity index is 317. The summed E-state index contributed by atoms with van der Waals surface area (Å²) in [4.78, 5) is 2.42. The molecule has 0 spiro atoms. The van der Waals surface area contributed by atoms with E-state index in [1.54, 1.807) is 0 Å². The van der Waals surface area contributed by atoms with Crippen LogP contribution in [-0.4, -0.2) is 36.5 Å². The van der Waals surface area contributed by atoms with E-state index < -0.39 is 0 Å². The maximum Gasteiger partial charge on any atom is 0.0716 e. The van der Waals surface area contributed by atoms with Gasteiger partial charge in [0.15, 0.2) is 0 Å². The van der Waals surface area contributed by atoms with Crippen molar-refractivity contribution in [1.82, 2.24) is 4.90 Å². The number of alkyl halides is 1. The molecular weight excluding hydrogens is 234 g/mol. The summed E-state index contributed by atoms with van der Waals surface area (Å²) in [6.45, 7) is 4.85. The number of hydrogen-bond acceptors (Lipinski definition) is 2. The van der Waals surface area contributed by atoms with Crippen LogP contribution in [-0.2, 0) is 11.3 Å². The molecule has 1 aromatic carbocycles. The quantitative estimate of drug-likeness (QED) is 0.571. The van der Waals surface area contributed by atoms with E-state index in [0.717, 1.165) is 45.7 Å². The molecule has 1 unspecified atom stereocenters. The third kappa shape index (κ3) is 4.66. The third-order valence-corrected chi connectivity index (χ3v) is 3.45. The average Bonchev–Trinajstić information content (AvgIpc) is 2.76. The van der Waals surface area contributed by atoms with Crippen molar-refractivity contribution < 1.29 is 4.74 Å². The van der Waals surface area contributed by atoms with Crippen LogP contribution < -0.4 is 0 Å². The molecule has 1 atom stereocenters. The van der Waals surface area contributed by atoms with Crippen LogP contribution in [0.15, 0.2) is 30.3 Å². The van der Waals surface area contributed by atoms with Gasteiger partial charge < -0.3 is 9.64 Å². The molecule has 0 radical (unpaired) electrons. The minimum absolute atomic E-state index is 0.361. The van der Waals surface area contributed by atoms with Gasteiger partial charge in [-0.3, -0.25) is 0 Å². The van der Waals surface area contributed by atoms with Gasteiger partial charge in [-0.05, 0) is 24.9 Å². The zero-order valence-corrected chi connectivity index (χ0v) is 10.9. The summed E-state index contributed by atoms with van der Waals surface area (Å²) in [5, 5.41) is 0.361. The topological polar surface area (TPSA) is 12.5 Å². The number of benzene rings is 1. The number of likely N-dealkylation sites (tertiary alicyclic amines) is 1. The first-order valence-corrected chi connectivity index (χ1v) is 6.76. The van der Waals surface area contributed by atoms with Gasteiger partial charge in [-0.15, -0.1) is 11.6 Å². The summed E-state index contributed by atoms with van der Waals surface area (Å²) in [5.74, 6) is 0. The largest absolute Gasteiger partial charge is 0.377 e. The van der Waals surface area contributed by atoms with Crippen LogP contribution in [0.3, 0.4) is 0 Å². The summed E-state index contributed by atoms with van der Waals surface area (Å²) in [6.07, 6.45) is 2.23. The smallest absolute Gasteiger partial charge is 0.0716 e. The molecule has 94 valence electrons. The highest BCUT2D eigenvalue weighted by Crippen LogP contribution is 2.14. The highest BCUT2D eigenvalue weighted by atomic mass is 35.5. The monoisotopic (exact) mass is 253 g/mol. The second-order valence-corrected chi connectivity index (χ2v) is 5.20. The molecule has 1 aliphatic rings. The van der Waals surface area contributed by atoms with Gasteiger partial charge in [0, 0.05) is 25.1 Å². The summed E-state index contributed by atoms with van der Waals surface area (Å²) in [6, 6.07) is 10.3. The van der Waals surface area contributed by atoms with E-state index in [4.69, 9.17) is 16.3 Å². The van der Waals surface area contributed by atoms with Crippen LogP contribution in [0.25, 0.3) is 0 Å². The van der Waals surface area contributed by atoms with Crippen molar-refractivity contribution >= 4 is 11.6 Å². The molecule has 0 N–H and O–H groups in total. The molecule has 1 heterocycles. The first-order chi connectivity index (χ1) is 8.34. The van der Waals surface area contributed by atoms with E-state index in [-0.39, 0.29) is 0 Å². The van der Waals surface area contributed by atoms with Crippen molar-refractivity contribution in [2.45, 2.75) is 24.8 Å². The Balaban J connectivity index is 1.52. The van der Waals surface area contributed by atoms with Crippen molar-refractivity contribution in [1.29, 1.82) is 0 Å². The van der Waals surface area contributed by atoms with Gasteiger partial charge in [-0.25, -0.2) is 0 Å². The van der Waals surface area contributed by atoms with Gasteiger partial charge in [0.2, 0.25) is 0 Å². The van der Waals surface area contributed by atoms with Crippen LogP contribution in [0, 0.1) is 0 Å². The van der Waals surface area contributed by atoms with Gasteiger partial charge in [0.1, 0.15) is 0 Å². The molecule has 0 saturated carbocycles. The molecule has 1 fully saturated rings. The first-order valence-electron chi connectivity index (χ1n) is 6.32. The fourth-order valence-electron chi connectivity index (χ4n) is 2.14. The molecule has 2 nitrogen and oxygen atoms in total. The van der Waals surface area contributed by atoms with E-state index in [1.807, 2.05) is 18.2 Å². The minimum atomic E-state index is 0.361. The van der Waals surface area contributed by atoms with Crippen LogP contribution in [0.4, 0.5) is 0 Å². The fraction of sp³-hybridized carbons (Fsp3) is 0.571. The molecule has 17 heavy (non-hydrogen) atoms. The summed E-state index contributed by atoms with van der Waals surface area (Å²) < 4.78 is 5.65. The predicted molar refractivity (Wildman–Crippen MR) is 71.4 cm³/mol. The van der Waals surface area contributed by atoms with Crippen LogP contribution >= 0.6 is 11.6 Å². The minimum Gasteiger partial charge on any atom is -0.377 e.